The van der Waals surface area contributed by atoms with E-state index in [4.69, 9.17) is 5.73 Å². The summed E-state index contributed by atoms with van der Waals surface area (Å²) in [7, 11) is 0. The maximum Gasteiger partial charge on any atom is 0.231 e. The smallest absolute Gasteiger partial charge is 0.231 e. The molecule has 0 radical (unpaired) electrons. The van der Waals surface area contributed by atoms with E-state index >= 15 is 0 Å². The lowest BCUT2D eigenvalue weighted by atomic mass is 9.72. The van der Waals surface area contributed by atoms with Crippen LogP contribution in [0, 0.1) is 0 Å². The van der Waals surface area contributed by atoms with E-state index in [2.05, 4.69) is 60.4 Å². The molecule has 0 saturated carbocycles. The van der Waals surface area contributed by atoms with Gasteiger partial charge in [-0.2, -0.15) is 0 Å². The van der Waals surface area contributed by atoms with E-state index in [9.17, 15) is 4.79 Å². The van der Waals surface area contributed by atoms with Crippen molar-refractivity contribution in [2.24, 2.45) is 5.73 Å². The maximum atomic E-state index is 11.5. The van der Waals surface area contributed by atoms with Crippen molar-refractivity contribution in [2.75, 3.05) is 13.1 Å². The fourth-order valence-electron chi connectivity index (χ4n) is 4.37. The number of nitrogens with zero attached hydrogens (tertiary/aromatic N) is 1. The Kier molecular flexibility index (Phi) is 2.88. The summed E-state index contributed by atoms with van der Waals surface area (Å²) >= 11 is 0. The minimum Gasteiger partial charge on any atom is -0.369 e. The average Bonchev–Trinajstić information content (AvgIpc) is 2.69. The van der Waals surface area contributed by atoms with Crippen molar-refractivity contribution in [3.05, 3.63) is 70.8 Å². The van der Waals surface area contributed by atoms with Crippen LogP contribution in [0.3, 0.4) is 0 Å². The molecule has 2 atom stereocenters. The van der Waals surface area contributed by atoms with Crippen LogP contribution in [-0.4, -0.2) is 23.9 Å². The van der Waals surface area contributed by atoms with Gasteiger partial charge in [-0.05, 0) is 28.7 Å². The largest absolute Gasteiger partial charge is 0.369 e. The highest BCUT2D eigenvalue weighted by molar-refractivity contribution is 5.76. The fourth-order valence-corrected chi connectivity index (χ4v) is 4.37. The third kappa shape index (κ3) is 1.82. The zero-order valence-corrected chi connectivity index (χ0v) is 12.8. The first kappa shape index (κ1) is 13.5. The summed E-state index contributed by atoms with van der Waals surface area (Å²) in [5.41, 5.74) is 10.9. The number of nitrogens with two attached hydrogens (primary N) is 1. The Bertz CT molecular complexity index is 755. The number of benzene rings is 2. The molecule has 5 rings (SSSR count). The highest BCUT2D eigenvalue weighted by Gasteiger charge is 2.45. The number of carbonyl (C=O) groups is 1. The molecule has 1 aliphatic carbocycles. The number of amides is 1. The monoisotopic (exact) mass is 292 g/mol. The van der Waals surface area contributed by atoms with Crippen LogP contribution in [0.5, 0.6) is 0 Å². The Morgan fingerprint density at radius 2 is 1.86 bits per heavy atom. The van der Waals surface area contributed by atoms with Gasteiger partial charge in [0.05, 0.1) is 6.54 Å². The Labute approximate surface area is 130 Å². The van der Waals surface area contributed by atoms with Gasteiger partial charge in [-0.25, -0.2) is 0 Å². The molecular formula is C19H20N2O. The van der Waals surface area contributed by atoms with Gasteiger partial charge in [0, 0.05) is 18.0 Å². The second-order valence-electron chi connectivity index (χ2n) is 6.67. The minimum atomic E-state index is -0.252. The second-order valence-corrected chi connectivity index (χ2v) is 6.67. The zero-order chi connectivity index (χ0) is 15.3. The number of hydrogen-bond donors (Lipinski definition) is 1. The zero-order valence-electron chi connectivity index (χ0n) is 12.8. The Balaban J connectivity index is 1.96. The Morgan fingerprint density at radius 3 is 2.64 bits per heavy atom. The van der Waals surface area contributed by atoms with Crippen molar-refractivity contribution in [1.29, 1.82) is 0 Å². The molecule has 2 N–H and O–H groups in total. The van der Waals surface area contributed by atoms with Crippen molar-refractivity contribution >= 4 is 5.91 Å². The molecule has 2 bridgehead atoms. The summed E-state index contributed by atoms with van der Waals surface area (Å²) in [4.78, 5) is 13.8. The van der Waals surface area contributed by atoms with Gasteiger partial charge < -0.3 is 5.73 Å². The van der Waals surface area contributed by atoms with Gasteiger partial charge in [0.15, 0.2) is 0 Å². The van der Waals surface area contributed by atoms with Crippen molar-refractivity contribution in [2.45, 2.75) is 24.8 Å². The third-order valence-electron chi connectivity index (χ3n) is 5.26. The molecule has 1 amide bonds. The summed E-state index contributed by atoms with van der Waals surface area (Å²) in [5.74, 6) is -0.252. The van der Waals surface area contributed by atoms with Crippen LogP contribution in [-0.2, 0) is 16.6 Å². The van der Waals surface area contributed by atoms with E-state index in [1.165, 1.54) is 22.3 Å². The fraction of sp³-hybridized carbons (Fsp3) is 0.316. The van der Waals surface area contributed by atoms with Crippen molar-refractivity contribution < 1.29 is 4.79 Å². The lowest BCUT2D eigenvalue weighted by molar-refractivity contribution is -0.120. The number of hydrogen-bond acceptors (Lipinski definition) is 2. The van der Waals surface area contributed by atoms with Crippen LogP contribution in [0.1, 0.15) is 35.2 Å². The highest BCUT2D eigenvalue weighted by Crippen LogP contribution is 2.49. The van der Waals surface area contributed by atoms with Crippen LogP contribution in [0.25, 0.3) is 0 Å². The van der Waals surface area contributed by atoms with E-state index < -0.39 is 0 Å². The summed E-state index contributed by atoms with van der Waals surface area (Å²) in [6.45, 7) is 3.46. The summed E-state index contributed by atoms with van der Waals surface area (Å²) in [5, 5.41) is 0. The topological polar surface area (TPSA) is 46.3 Å². The summed E-state index contributed by atoms with van der Waals surface area (Å²) in [6, 6.07) is 17.6. The SMILES string of the molecule is CC12CN(CC(N)=O)C(Cc3ccccc31)c1ccccc12. The molecule has 0 saturated heterocycles. The van der Waals surface area contributed by atoms with E-state index in [1.54, 1.807) is 0 Å². The van der Waals surface area contributed by atoms with Crippen LogP contribution in [0.15, 0.2) is 48.5 Å². The molecular weight excluding hydrogens is 272 g/mol. The van der Waals surface area contributed by atoms with Crippen LogP contribution < -0.4 is 5.73 Å². The molecule has 2 heterocycles. The predicted octanol–water partition coefficient (Wildman–Crippen LogP) is 2.39. The van der Waals surface area contributed by atoms with Gasteiger partial charge in [0.1, 0.15) is 0 Å². The quantitative estimate of drug-likeness (QED) is 0.924. The van der Waals surface area contributed by atoms with Crippen molar-refractivity contribution in [3.8, 4) is 0 Å². The standard InChI is InChI=1S/C19H20N2O/c1-19-12-21(11-18(20)22)17(14-7-3-5-9-16(14)19)10-13-6-2-4-8-15(13)19/h2-9,17H,10-12H2,1H3,(H2,20,22). The Hall–Kier alpha value is -2.13. The molecule has 3 heteroatoms. The molecule has 2 aromatic carbocycles. The number of fused-ring (bicyclic) bond motifs is 1. The van der Waals surface area contributed by atoms with Crippen LogP contribution in [0.2, 0.25) is 0 Å². The average molecular weight is 292 g/mol. The molecule has 0 aromatic heterocycles. The molecule has 3 nitrogen and oxygen atoms in total. The van der Waals surface area contributed by atoms with Gasteiger partial charge in [-0.15, -0.1) is 0 Å². The molecule has 0 fully saturated rings. The van der Waals surface area contributed by atoms with Gasteiger partial charge in [-0.1, -0.05) is 55.5 Å². The number of rotatable bonds is 2. The lowest BCUT2D eigenvalue weighted by Crippen LogP contribution is -2.48. The molecule has 3 aliphatic rings. The number of carbonyl (C=O) groups excluding carboxylic acids is 1. The molecule has 112 valence electrons. The summed E-state index contributed by atoms with van der Waals surface area (Å²) in [6.07, 6.45) is 0.941. The van der Waals surface area contributed by atoms with E-state index in [1.807, 2.05) is 0 Å². The van der Waals surface area contributed by atoms with Gasteiger partial charge in [-0.3, -0.25) is 9.69 Å². The molecule has 2 aliphatic heterocycles. The van der Waals surface area contributed by atoms with Gasteiger partial charge >= 0.3 is 0 Å². The first-order chi connectivity index (χ1) is 10.6. The van der Waals surface area contributed by atoms with E-state index in [0.29, 0.717) is 6.54 Å². The van der Waals surface area contributed by atoms with Gasteiger partial charge in [0.25, 0.3) is 0 Å². The lowest BCUT2D eigenvalue weighted by Gasteiger charge is -2.44. The first-order valence-electron chi connectivity index (χ1n) is 7.80. The van der Waals surface area contributed by atoms with Crippen LogP contribution >= 0.6 is 0 Å². The van der Waals surface area contributed by atoms with Crippen LogP contribution in [0.4, 0.5) is 0 Å². The first-order valence-corrected chi connectivity index (χ1v) is 7.80. The van der Waals surface area contributed by atoms with Crippen molar-refractivity contribution in [3.63, 3.8) is 0 Å². The molecule has 22 heavy (non-hydrogen) atoms. The van der Waals surface area contributed by atoms with E-state index in [0.717, 1.165) is 13.0 Å². The summed E-state index contributed by atoms with van der Waals surface area (Å²) < 4.78 is 0. The molecule has 2 aromatic rings. The van der Waals surface area contributed by atoms with Gasteiger partial charge in [0.2, 0.25) is 5.91 Å². The predicted molar refractivity (Wildman–Crippen MR) is 86.6 cm³/mol. The highest BCUT2D eigenvalue weighted by atomic mass is 16.1. The maximum absolute atomic E-state index is 11.5. The molecule has 2 unspecified atom stereocenters. The Morgan fingerprint density at radius 1 is 1.18 bits per heavy atom. The van der Waals surface area contributed by atoms with Crippen molar-refractivity contribution in [1.82, 2.24) is 4.90 Å². The van der Waals surface area contributed by atoms with E-state index in [-0.39, 0.29) is 17.4 Å². The third-order valence-corrected chi connectivity index (χ3v) is 5.26. The minimum absolute atomic E-state index is 0.0877. The normalized spacial score (nSPS) is 26.1. The number of primary amides is 1. The molecule has 0 spiro atoms. The second kappa shape index (κ2) is 4.68.